The Kier molecular flexibility index (Phi) is 6.62. The van der Waals surface area contributed by atoms with E-state index in [-0.39, 0.29) is 17.6 Å². The summed E-state index contributed by atoms with van der Waals surface area (Å²) in [6, 6.07) is 0. The van der Waals surface area contributed by atoms with Crippen LogP contribution in [0.15, 0.2) is 0 Å². The average molecular weight is 319 g/mol. The minimum Gasteiger partial charge on any atom is -0.355 e. The summed E-state index contributed by atoms with van der Waals surface area (Å²) in [6.07, 6.45) is 1.79. The van der Waals surface area contributed by atoms with E-state index in [9.17, 15) is 13.2 Å². The second-order valence-corrected chi connectivity index (χ2v) is 9.51. The van der Waals surface area contributed by atoms with E-state index >= 15 is 0 Å². The number of nitrogens with one attached hydrogen (secondary N) is 1. The molecule has 1 atom stereocenters. The second kappa shape index (κ2) is 7.56. The topological polar surface area (TPSA) is 92.5 Å². The van der Waals surface area contributed by atoms with Crippen molar-refractivity contribution in [1.82, 2.24) is 10.2 Å². The first kappa shape index (κ1) is 18.4. The molecule has 3 N–H and O–H groups in total. The molecule has 1 amide bonds. The third kappa shape index (κ3) is 5.56. The summed E-state index contributed by atoms with van der Waals surface area (Å²) in [4.78, 5) is 14.0. The number of carbonyl (C=O) groups is 1. The van der Waals surface area contributed by atoms with Crippen LogP contribution in [-0.2, 0) is 14.6 Å². The van der Waals surface area contributed by atoms with Gasteiger partial charge in [-0.1, -0.05) is 0 Å². The third-order valence-electron chi connectivity index (χ3n) is 3.93. The molecule has 0 aliphatic carbocycles. The first-order chi connectivity index (χ1) is 9.67. The largest absolute Gasteiger partial charge is 0.355 e. The van der Waals surface area contributed by atoms with Crippen LogP contribution in [-0.4, -0.2) is 62.4 Å². The van der Waals surface area contributed by atoms with Crippen LogP contribution in [0.2, 0.25) is 0 Å². The van der Waals surface area contributed by atoms with Gasteiger partial charge in [0.15, 0.2) is 9.84 Å². The zero-order valence-electron chi connectivity index (χ0n) is 13.4. The number of sulfone groups is 1. The van der Waals surface area contributed by atoms with Crippen LogP contribution in [0.25, 0.3) is 0 Å². The van der Waals surface area contributed by atoms with Crippen LogP contribution in [0, 0.1) is 5.92 Å². The van der Waals surface area contributed by atoms with E-state index in [0.717, 1.165) is 19.4 Å². The highest BCUT2D eigenvalue weighted by molar-refractivity contribution is 7.92. The minimum absolute atomic E-state index is 0.0313. The number of hydrogen-bond acceptors (Lipinski definition) is 5. The molecular weight excluding hydrogens is 290 g/mol. The molecule has 1 heterocycles. The molecule has 1 fully saturated rings. The lowest BCUT2D eigenvalue weighted by Crippen LogP contribution is -2.46. The quantitative estimate of drug-likeness (QED) is 0.718. The molecule has 1 aliphatic rings. The first-order valence-electron chi connectivity index (χ1n) is 7.60. The second-order valence-electron chi connectivity index (χ2n) is 6.65. The Morgan fingerprint density at radius 1 is 1.38 bits per heavy atom. The number of amides is 1. The van der Waals surface area contributed by atoms with Crippen molar-refractivity contribution in [2.45, 2.75) is 38.4 Å². The molecule has 0 spiro atoms. The third-order valence-corrected chi connectivity index (χ3v) is 6.52. The molecule has 1 rings (SSSR count). The maximum atomic E-state index is 12.1. The summed E-state index contributed by atoms with van der Waals surface area (Å²) in [5.41, 5.74) is 5.38. The predicted molar refractivity (Wildman–Crippen MR) is 84.8 cm³/mol. The smallest absolute Gasteiger partial charge is 0.224 e. The maximum absolute atomic E-state index is 12.1. The van der Waals surface area contributed by atoms with Gasteiger partial charge in [0.25, 0.3) is 0 Å². The number of likely N-dealkylation sites (tertiary alicyclic amines) is 1. The van der Waals surface area contributed by atoms with Gasteiger partial charge < -0.3 is 16.0 Å². The van der Waals surface area contributed by atoms with Gasteiger partial charge in [0.05, 0.1) is 16.4 Å². The fourth-order valence-corrected chi connectivity index (χ4v) is 3.48. The number of hydrogen-bond donors (Lipinski definition) is 2. The lowest BCUT2D eigenvalue weighted by atomic mass is 9.97. The van der Waals surface area contributed by atoms with Crippen LogP contribution in [0.1, 0.15) is 33.6 Å². The maximum Gasteiger partial charge on any atom is 0.224 e. The van der Waals surface area contributed by atoms with Crippen molar-refractivity contribution in [3.8, 4) is 0 Å². The summed E-state index contributed by atoms with van der Waals surface area (Å²) < 4.78 is 23.5. The molecule has 0 aromatic heterocycles. The molecule has 1 saturated heterocycles. The summed E-state index contributed by atoms with van der Waals surface area (Å²) in [5, 5.41) is 2.81. The lowest BCUT2D eigenvalue weighted by molar-refractivity contribution is -0.126. The molecule has 0 saturated carbocycles. The Balaban J connectivity index is 2.49. The van der Waals surface area contributed by atoms with Gasteiger partial charge in [0, 0.05) is 26.2 Å². The Labute approximate surface area is 128 Å². The highest BCUT2D eigenvalue weighted by atomic mass is 32.2. The standard InChI is InChI=1S/C14H29N3O3S/c1-14(2,3)21(19,20)10-9-17-8-4-5-12(11-17)13(18)16-7-6-15/h12H,4-11,15H2,1-3H3,(H,16,18). The fraction of sp³-hybridized carbons (Fsp3) is 0.929. The van der Waals surface area contributed by atoms with Gasteiger partial charge in [-0.2, -0.15) is 0 Å². The van der Waals surface area contributed by atoms with Gasteiger partial charge in [0.1, 0.15) is 0 Å². The van der Waals surface area contributed by atoms with E-state index in [2.05, 4.69) is 10.2 Å². The molecule has 6 nitrogen and oxygen atoms in total. The highest BCUT2D eigenvalue weighted by Crippen LogP contribution is 2.19. The van der Waals surface area contributed by atoms with Gasteiger partial charge in [-0.3, -0.25) is 4.79 Å². The molecular formula is C14H29N3O3S. The number of nitrogens with zero attached hydrogens (tertiary/aromatic N) is 1. The van der Waals surface area contributed by atoms with Crippen molar-refractivity contribution in [2.75, 3.05) is 38.5 Å². The molecule has 0 bridgehead atoms. The Morgan fingerprint density at radius 2 is 2.05 bits per heavy atom. The van der Waals surface area contributed by atoms with Gasteiger partial charge in [-0.25, -0.2) is 8.42 Å². The van der Waals surface area contributed by atoms with Crippen LogP contribution < -0.4 is 11.1 Å². The zero-order chi connectivity index (χ0) is 16.1. The molecule has 1 unspecified atom stereocenters. The molecule has 124 valence electrons. The summed E-state index contributed by atoms with van der Waals surface area (Å²) >= 11 is 0. The van der Waals surface area contributed by atoms with Crippen molar-refractivity contribution in [1.29, 1.82) is 0 Å². The number of piperidine rings is 1. The van der Waals surface area contributed by atoms with Crippen LogP contribution >= 0.6 is 0 Å². The monoisotopic (exact) mass is 319 g/mol. The van der Waals surface area contributed by atoms with E-state index in [1.54, 1.807) is 20.8 Å². The molecule has 0 aromatic rings. The molecule has 0 aromatic carbocycles. The Hall–Kier alpha value is -0.660. The average Bonchev–Trinajstić information content (AvgIpc) is 2.41. The zero-order valence-corrected chi connectivity index (χ0v) is 14.2. The molecule has 1 aliphatic heterocycles. The van der Waals surface area contributed by atoms with Crippen LogP contribution in [0.5, 0.6) is 0 Å². The van der Waals surface area contributed by atoms with Crippen molar-refractivity contribution in [3.05, 3.63) is 0 Å². The Morgan fingerprint density at radius 3 is 2.62 bits per heavy atom. The first-order valence-corrected chi connectivity index (χ1v) is 9.25. The Bertz CT molecular complexity index is 443. The van der Waals surface area contributed by atoms with Crippen LogP contribution in [0.4, 0.5) is 0 Å². The van der Waals surface area contributed by atoms with E-state index in [1.165, 1.54) is 0 Å². The molecule has 21 heavy (non-hydrogen) atoms. The molecule has 0 radical (unpaired) electrons. The van der Waals surface area contributed by atoms with E-state index in [4.69, 9.17) is 5.73 Å². The normalized spacial score (nSPS) is 21.2. The van der Waals surface area contributed by atoms with Crippen molar-refractivity contribution in [2.24, 2.45) is 11.7 Å². The number of nitrogens with two attached hydrogens (primary N) is 1. The predicted octanol–water partition coefficient (Wildman–Crippen LogP) is -0.0134. The van der Waals surface area contributed by atoms with Gasteiger partial charge in [0.2, 0.25) is 5.91 Å². The van der Waals surface area contributed by atoms with Crippen molar-refractivity contribution in [3.63, 3.8) is 0 Å². The van der Waals surface area contributed by atoms with Crippen LogP contribution in [0.3, 0.4) is 0 Å². The fourth-order valence-electron chi connectivity index (χ4n) is 2.37. The van der Waals surface area contributed by atoms with Gasteiger partial charge >= 0.3 is 0 Å². The highest BCUT2D eigenvalue weighted by Gasteiger charge is 2.31. The SMILES string of the molecule is CC(C)(C)S(=O)(=O)CCN1CCCC(C(=O)NCCN)C1. The number of rotatable bonds is 6. The van der Waals surface area contributed by atoms with Gasteiger partial charge in [-0.05, 0) is 40.2 Å². The summed E-state index contributed by atoms with van der Waals surface area (Å²) in [5.74, 6) is 0.125. The van der Waals surface area contributed by atoms with Crippen molar-refractivity contribution >= 4 is 15.7 Å². The number of carbonyl (C=O) groups excluding carboxylic acids is 1. The van der Waals surface area contributed by atoms with E-state index < -0.39 is 14.6 Å². The van der Waals surface area contributed by atoms with Gasteiger partial charge in [-0.15, -0.1) is 0 Å². The summed E-state index contributed by atoms with van der Waals surface area (Å²) in [7, 11) is -3.11. The lowest BCUT2D eigenvalue weighted by Gasteiger charge is -2.32. The van der Waals surface area contributed by atoms with E-state index in [1.807, 2.05) is 0 Å². The van der Waals surface area contributed by atoms with Crippen molar-refractivity contribution < 1.29 is 13.2 Å². The minimum atomic E-state index is -3.11. The van der Waals surface area contributed by atoms with E-state index in [0.29, 0.717) is 26.2 Å². The summed E-state index contributed by atoms with van der Waals surface area (Å²) in [6.45, 7) is 8.10. The molecule has 7 heteroatoms.